The zero-order valence-corrected chi connectivity index (χ0v) is 16.2. The Hall–Kier alpha value is -2.90. The highest BCUT2D eigenvalue weighted by Gasteiger charge is 2.14. The lowest BCUT2D eigenvalue weighted by atomic mass is 10.2. The summed E-state index contributed by atoms with van der Waals surface area (Å²) in [7, 11) is 1.61. The van der Waals surface area contributed by atoms with Gasteiger partial charge in [-0.3, -0.25) is 9.20 Å². The van der Waals surface area contributed by atoms with Crippen LogP contribution in [0.5, 0.6) is 0 Å². The highest BCUT2D eigenvalue weighted by atomic mass is 35.5. The van der Waals surface area contributed by atoms with E-state index in [0.29, 0.717) is 10.6 Å². The molecule has 0 saturated heterocycles. The van der Waals surface area contributed by atoms with Crippen molar-refractivity contribution in [3.63, 3.8) is 0 Å². The standard InChI is InChI=1S/C19H16ClN5OS/c1-11-17(25-8-7-13(20)9-16(25)23-11)15-10-22-19(27-15)24-14-5-3-12(4-6-14)18(26)21-2/h3-10H,1-2H3,(H,21,26)(H,22,24). The average molecular weight is 398 g/mol. The van der Waals surface area contributed by atoms with Crippen LogP contribution >= 0.6 is 22.9 Å². The minimum Gasteiger partial charge on any atom is -0.355 e. The number of hydrogen-bond acceptors (Lipinski definition) is 5. The van der Waals surface area contributed by atoms with E-state index in [1.165, 1.54) is 11.3 Å². The van der Waals surface area contributed by atoms with Crippen molar-refractivity contribution < 1.29 is 4.79 Å². The molecule has 0 saturated carbocycles. The highest BCUT2D eigenvalue weighted by molar-refractivity contribution is 7.18. The van der Waals surface area contributed by atoms with E-state index in [0.717, 1.165) is 32.7 Å². The Kier molecular flexibility index (Phi) is 4.55. The summed E-state index contributed by atoms with van der Waals surface area (Å²) in [5.41, 5.74) is 4.21. The van der Waals surface area contributed by atoms with Gasteiger partial charge in [0.05, 0.1) is 16.3 Å². The molecular weight excluding hydrogens is 382 g/mol. The van der Waals surface area contributed by atoms with Gasteiger partial charge in [-0.15, -0.1) is 0 Å². The zero-order valence-electron chi connectivity index (χ0n) is 14.7. The van der Waals surface area contributed by atoms with Crippen molar-refractivity contribution in [2.24, 2.45) is 0 Å². The Morgan fingerprint density at radius 3 is 2.74 bits per heavy atom. The van der Waals surface area contributed by atoms with Crippen LogP contribution in [0.4, 0.5) is 10.8 Å². The fourth-order valence-electron chi connectivity index (χ4n) is 2.85. The molecule has 136 valence electrons. The van der Waals surface area contributed by atoms with Crippen LogP contribution in [0.25, 0.3) is 16.2 Å². The van der Waals surface area contributed by atoms with Crippen LogP contribution in [-0.2, 0) is 0 Å². The Morgan fingerprint density at radius 2 is 2.00 bits per heavy atom. The van der Waals surface area contributed by atoms with Crippen LogP contribution in [0.1, 0.15) is 16.1 Å². The summed E-state index contributed by atoms with van der Waals surface area (Å²) in [5.74, 6) is -0.110. The second-order valence-electron chi connectivity index (χ2n) is 5.93. The molecule has 0 unspecified atom stereocenters. The maximum absolute atomic E-state index is 11.6. The predicted molar refractivity (Wildman–Crippen MR) is 109 cm³/mol. The number of rotatable bonds is 4. The molecule has 0 fully saturated rings. The monoisotopic (exact) mass is 397 g/mol. The number of anilines is 2. The number of aryl methyl sites for hydroxylation is 1. The molecule has 0 radical (unpaired) electrons. The van der Waals surface area contributed by atoms with E-state index in [1.807, 2.05) is 48.0 Å². The third-order valence-corrected chi connectivity index (χ3v) is 5.28. The topological polar surface area (TPSA) is 71.3 Å². The van der Waals surface area contributed by atoms with Gasteiger partial charge in [-0.25, -0.2) is 9.97 Å². The normalized spacial score (nSPS) is 10.9. The Labute approximate surface area is 164 Å². The average Bonchev–Trinajstić information content (AvgIpc) is 3.24. The summed E-state index contributed by atoms with van der Waals surface area (Å²) in [4.78, 5) is 21.7. The number of halogens is 1. The highest BCUT2D eigenvalue weighted by Crippen LogP contribution is 2.33. The van der Waals surface area contributed by atoms with Gasteiger partial charge in [-0.2, -0.15) is 0 Å². The molecule has 0 bridgehead atoms. The van der Waals surface area contributed by atoms with Gasteiger partial charge in [0.1, 0.15) is 5.65 Å². The molecule has 3 heterocycles. The molecule has 27 heavy (non-hydrogen) atoms. The molecule has 0 atom stereocenters. The van der Waals surface area contributed by atoms with E-state index >= 15 is 0 Å². The van der Waals surface area contributed by atoms with Crippen molar-refractivity contribution in [3.05, 3.63) is 65.1 Å². The van der Waals surface area contributed by atoms with Crippen LogP contribution in [0.3, 0.4) is 0 Å². The van der Waals surface area contributed by atoms with Gasteiger partial charge in [0.15, 0.2) is 5.13 Å². The number of hydrogen-bond donors (Lipinski definition) is 2. The number of imidazole rings is 1. The molecule has 0 aliphatic rings. The molecule has 0 spiro atoms. The number of nitrogens with one attached hydrogen (secondary N) is 2. The summed E-state index contributed by atoms with van der Waals surface area (Å²) < 4.78 is 2.01. The van der Waals surface area contributed by atoms with Crippen molar-refractivity contribution >= 4 is 45.3 Å². The molecule has 4 rings (SSSR count). The number of carbonyl (C=O) groups is 1. The molecule has 4 aromatic rings. The maximum atomic E-state index is 11.6. The number of benzene rings is 1. The van der Waals surface area contributed by atoms with Crippen molar-refractivity contribution in [3.8, 4) is 10.6 Å². The second kappa shape index (κ2) is 7.02. The third-order valence-electron chi connectivity index (χ3n) is 4.13. The SMILES string of the molecule is CNC(=O)c1ccc(Nc2ncc(-c3c(C)nc4cc(Cl)ccn34)s2)cc1. The quantitative estimate of drug-likeness (QED) is 0.531. The van der Waals surface area contributed by atoms with Gasteiger partial charge >= 0.3 is 0 Å². The van der Waals surface area contributed by atoms with E-state index in [4.69, 9.17) is 11.6 Å². The minimum absolute atomic E-state index is 0.110. The van der Waals surface area contributed by atoms with E-state index in [1.54, 1.807) is 19.2 Å². The van der Waals surface area contributed by atoms with Gasteiger partial charge in [-0.05, 0) is 37.3 Å². The van der Waals surface area contributed by atoms with Crippen LogP contribution in [0, 0.1) is 6.92 Å². The summed E-state index contributed by atoms with van der Waals surface area (Å²) in [6.45, 7) is 1.97. The summed E-state index contributed by atoms with van der Waals surface area (Å²) in [6, 6.07) is 10.9. The number of pyridine rings is 1. The van der Waals surface area contributed by atoms with Gasteiger partial charge in [0.2, 0.25) is 0 Å². The van der Waals surface area contributed by atoms with Crippen LogP contribution < -0.4 is 10.6 Å². The molecule has 0 aliphatic heterocycles. The zero-order chi connectivity index (χ0) is 19.0. The third kappa shape index (κ3) is 3.39. The lowest BCUT2D eigenvalue weighted by Gasteiger charge is -2.04. The Balaban J connectivity index is 1.61. The minimum atomic E-state index is -0.110. The Morgan fingerprint density at radius 1 is 1.22 bits per heavy atom. The first kappa shape index (κ1) is 17.5. The molecule has 8 heteroatoms. The van der Waals surface area contributed by atoms with Gasteiger partial charge in [-0.1, -0.05) is 22.9 Å². The van der Waals surface area contributed by atoms with Gasteiger partial charge in [0, 0.05) is 41.8 Å². The summed E-state index contributed by atoms with van der Waals surface area (Å²) in [6.07, 6.45) is 3.74. The van der Waals surface area contributed by atoms with Crippen LogP contribution in [-0.4, -0.2) is 27.3 Å². The number of fused-ring (bicyclic) bond motifs is 1. The molecule has 2 N–H and O–H groups in total. The maximum Gasteiger partial charge on any atom is 0.251 e. The van der Waals surface area contributed by atoms with Gasteiger partial charge < -0.3 is 10.6 Å². The van der Waals surface area contributed by atoms with E-state index in [2.05, 4.69) is 20.6 Å². The molecular formula is C19H16ClN5OS. The molecule has 1 amide bonds. The molecule has 3 aromatic heterocycles. The second-order valence-corrected chi connectivity index (χ2v) is 7.40. The van der Waals surface area contributed by atoms with Crippen molar-refractivity contribution in [2.45, 2.75) is 6.92 Å². The first-order valence-corrected chi connectivity index (χ1v) is 9.44. The first-order valence-electron chi connectivity index (χ1n) is 8.25. The molecule has 1 aromatic carbocycles. The fraction of sp³-hybridized carbons (Fsp3) is 0.105. The van der Waals surface area contributed by atoms with Gasteiger partial charge in [0.25, 0.3) is 5.91 Å². The van der Waals surface area contributed by atoms with Crippen LogP contribution in [0.15, 0.2) is 48.8 Å². The fourth-order valence-corrected chi connectivity index (χ4v) is 3.93. The Bertz CT molecular complexity index is 1130. The number of carbonyl (C=O) groups excluding carboxylic acids is 1. The first-order chi connectivity index (χ1) is 13.0. The number of thiazole rings is 1. The van der Waals surface area contributed by atoms with Crippen molar-refractivity contribution in [1.29, 1.82) is 0 Å². The predicted octanol–water partition coefficient (Wildman–Crippen LogP) is 4.52. The van der Waals surface area contributed by atoms with Crippen molar-refractivity contribution in [2.75, 3.05) is 12.4 Å². The summed E-state index contributed by atoms with van der Waals surface area (Å²) in [5, 5.41) is 7.30. The summed E-state index contributed by atoms with van der Waals surface area (Å²) >= 11 is 7.60. The van der Waals surface area contributed by atoms with E-state index in [-0.39, 0.29) is 5.91 Å². The number of aromatic nitrogens is 3. The van der Waals surface area contributed by atoms with E-state index in [9.17, 15) is 4.79 Å². The lowest BCUT2D eigenvalue weighted by Crippen LogP contribution is -2.17. The van der Waals surface area contributed by atoms with E-state index < -0.39 is 0 Å². The smallest absolute Gasteiger partial charge is 0.251 e. The molecule has 0 aliphatic carbocycles. The lowest BCUT2D eigenvalue weighted by molar-refractivity contribution is 0.0963. The van der Waals surface area contributed by atoms with Crippen molar-refractivity contribution in [1.82, 2.24) is 19.7 Å². The van der Waals surface area contributed by atoms with Crippen LogP contribution in [0.2, 0.25) is 5.02 Å². The largest absolute Gasteiger partial charge is 0.355 e. The molecule has 6 nitrogen and oxygen atoms in total. The number of amides is 1. The number of nitrogens with zero attached hydrogens (tertiary/aromatic N) is 3.